The Morgan fingerprint density at radius 3 is 2.10 bits per heavy atom. The summed E-state index contributed by atoms with van der Waals surface area (Å²) >= 11 is 1.49. The van der Waals surface area contributed by atoms with Gasteiger partial charge in [0.1, 0.15) is 11.1 Å². The van der Waals surface area contributed by atoms with Gasteiger partial charge < -0.3 is 0 Å². The normalized spacial score (nSPS) is 11.5. The van der Waals surface area contributed by atoms with E-state index >= 15 is 0 Å². The Hall–Kier alpha value is -3.74. The van der Waals surface area contributed by atoms with Gasteiger partial charge in [0, 0.05) is 10.9 Å². The molecule has 138 valence electrons. The number of nitrogens with zero attached hydrogens (tertiary/aromatic N) is 2. The van der Waals surface area contributed by atoms with E-state index in [1.165, 1.54) is 22.5 Å². The lowest BCUT2D eigenvalue weighted by Crippen LogP contribution is -1.83. The third kappa shape index (κ3) is 4.57. The summed E-state index contributed by atoms with van der Waals surface area (Å²) in [5.74, 6) is 0. The average molecular weight is 391 g/mol. The standard InChI is InChI=1S/C26H18N2S/c27-18-24(13-7-10-20-8-3-1-4-9-20)26-28-25(19-29-26)23-16-14-22(15-17-23)21-11-5-2-6-12-21/h1-17,19H/b10-7-,24-13-. The molecule has 4 rings (SSSR count). The van der Waals surface area contributed by atoms with Crippen LogP contribution in [-0.4, -0.2) is 4.98 Å². The maximum atomic E-state index is 9.53. The van der Waals surface area contributed by atoms with Gasteiger partial charge in [-0.15, -0.1) is 11.3 Å². The number of nitriles is 1. The van der Waals surface area contributed by atoms with Gasteiger partial charge in [-0.25, -0.2) is 4.98 Å². The van der Waals surface area contributed by atoms with Crippen LogP contribution in [-0.2, 0) is 0 Å². The molecule has 0 aliphatic rings. The van der Waals surface area contributed by atoms with Gasteiger partial charge in [0.05, 0.1) is 11.3 Å². The summed E-state index contributed by atoms with van der Waals surface area (Å²) in [6, 6.07) is 30.9. The van der Waals surface area contributed by atoms with E-state index in [1.807, 2.05) is 72.1 Å². The Morgan fingerprint density at radius 1 is 0.793 bits per heavy atom. The number of rotatable bonds is 5. The molecule has 29 heavy (non-hydrogen) atoms. The highest BCUT2D eigenvalue weighted by Gasteiger charge is 2.08. The summed E-state index contributed by atoms with van der Waals surface area (Å²) in [7, 11) is 0. The molecule has 4 aromatic rings. The van der Waals surface area contributed by atoms with E-state index in [-0.39, 0.29) is 0 Å². The molecule has 0 atom stereocenters. The molecule has 0 bridgehead atoms. The molecule has 0 N–H and O–H groups in total. The number of hydrogen-bond acceptors (Lipinski definition) is 3. The Bertz CT molecular complexity index is 1180. The molecule has 2 nitrogen and oxygen atoms in total. The Kier molecular flexibility index (Phi) is 5.76. The monoisotopic (exact) mass is 390 g/mol. The lowest BCUT2D eigenvalue weighted by Gasteiger charge is -2.02. The van der Waals surface area contributed by atoms with Crippen LogP contribution in [0.3, 0.4) is 0 Å². The van der Waals surface area contributed by atoms with E-state index in [0.717, 1.165) is 21.8 Å². The SMILES string of the molecule is N#C/C(=C/C=C\c1ccccc1)c1nc(-c2ccc(-c3ccccc3)cc2)cs1. The van der Waals surface area contributed by atoms with Gasteiger partial charge in [0.2, 0.25) is 0 Å². The molecule has 3 heteroatoms. The van der Waals surface area contributed by atoms with Gasteiger partial charge in [0.25, 0.3) is 0 Å². The fraction of sp³-hybridized carbons (Fsp3) is 0. The van der Waals surface area contributed by atoms with Crippen LogP contribution >= 0.6 is 11.3 Å². The van der Waals surface area contributed by atoms with E-state index in [2.05, 4.69) is 47.5 Å². The van der Waals surface area contributed by atoms with Crippen LogP contribution in [0.5, 0.6) is 0 Å². The highest BCUT2D eigenvalue weighted by Crippen LogP contribution is 2.28. The van der Waals surface area contributed by atoms with Crippen LogP contribution in [0.2, 0.25) is 0 Å². The molecular weight excluding hydrogens is 372 g/mol. The van der Waals surface area contributed by atoms with Crippen molar-refractivity contribution in [2.45, 2.75) is 0 Å². The highest BCUT2D eigenvalue weighted by molar-refractivity contribution is 7.11. The molecule has 0 spiro atoms. The van der Waals surface area contributed by atoms with E-state index in [1.54, 1.807) is 0 Å². The van der Waals surface area contributed by atoms with Crippen molar-refractivity contribution in [1.82, 2.24) is 4.98 Å². The number of aromatic nitrogens is 1. The third-order valence-electron chi connectivity index (χ3n) is 4.49. The molecule has 1 heterocycles. The van der Waals surface area contributed by atoms with Gasteiger partial charge in [-0.05, 0) is 22.8 Å². The zero-order chi connectivity index (χ0) is 19.9. The summed E-state index contributed by atoms with van der Waals surface area (Å²) in [6.07, 6.45) is 5.69. The molecule has 0 aliphatic carbocycles. The number of thiazole rings is 1. The van der Waals surface area contributed by atoms with Crippen molar-refractivity contribution >= 4 is 23.0 Å². The van der Waals surface area contributed by atoms with E-state index in [0.29, 0.717) is 5.57 Å². The summed E-state index contributed by atoms with van der Waals surface area (Å²) in [6.45, 7) is 0. The quantitative estimate of drug-likeness (QED) is 0.269. The smallest absolute Gasteiger partial charge is 0.134 e. The van der Waals surface area contributed by atoms with E-state index in [9.17, 15) is 5.26 Å². The molecule has 0 saturated carbocycles. The van der Waals surface area contributed by atoms with E-state index < -0.39 is 0 Å². The first kappa shape index (κ1) is 18.6. The molecule has 0 unspecified atom stereocenters. The molecule has 3 aromatic carbocycles. The number of benzene rings is 3. The molecule has 0 radical (unpaired) electrons. The lowest BCUT2D eigenvalue weighted by molar-refractivity contribution is 1.37. The third-order valence-corrected chi connectivity index (χ3v) is 5.37. The van der Waals surface area contributed by atoms with Crippen LogP contribution in [0.25, 0.3) is 34.0 Å². The minimum Gasteiger partial charge on any atom is -0.235 e. The van der Waals surface area contributed by atoms with Crippen molar-refractivity contribution in [2.24, 2.45) is 0 Å². The van der Waals surface area contributed by atoms with Crippen molar-refractivity contribution in [2.75, 3.05) is 0 Å². The number of allylic oxidation sites excluding steroid dienone is 3. The second-order valence-electron chi connectivity index (χ2n) is 6.44. The van der Waals surface area contributed by atoms with Crippen LogP contribution in [0.4, 0.5) is 0 Å². The Balaban J connectivity index is 1.53. The number of hydrogen-bond donors (Lipinski definition) is 0. The van der Waals surface area contributed by atoms with Crippen molar-refractivity contribution in [1.29, 1.82) is 5.26 Å². The molecule has 0 saturated heterocycles. The van der Waals surface area contributed by atoms with Gasteiger partial charge >= 0.3 is 0 Å². The van der Waals surface area contributed by atoms with Crippen LogP contribution in [0.15, 0.2) is 102 Å². The molecule has 0 fully saturated rings. The highest BCUT2D eigenvalue weighted by atomic mass is 32.1. The fourth-order valence-electron chi connectivity index (χ4n) is 2.97. The maximum absolute atomic E-state index is 9.53. The molecular formula is C26H18N2S. The summed E-state index contributed by atoms with van der Waals surface area (Å²) in [5, 5.41) is 12.3. The zero-order valence-corrected chi connectivity index (χ0v) is 16.5. The Morgan fingerprint density at radius 2 is 1.41 bits per heavy atom. The topological polar surface area (TPSA) is 36.7 Å². The van der Waals surface area contributed by atoms with Crippen molar-refractivity contribution in [3.8, 4) is 28.5 Å². The second kappa shape index (κ2) is 8.97. The van der Waals surface area contributed by atoms with Gasteiger partial charge in [-0.1, -0.05) is 97.1 Å². The van der Waals surface area contributed by atoms with Crippen molar-refractivity contribution in [3.63, 3.8) is 0 Å². The first-order chi connectivity index (χ1) is 14.3. The summed E-state index contributed by atoms with van der Waals surface area (Å²) < 4.78 is 0. The largest absolute Gasteiger partial charge is 0.235 e. The predicted molar refractivity (Wildman–Crippen MR) is 122 cm³/mol. The first-order valence-corrected chi connectivity index (χ1v) is 10.2. The summed E-state index contributed by atoms with van der Waals surface area (Å²) in [5.41, 5.74) is 5.96. The van der Waals surface area contributed by atoms with Crippen molar-refractivity contribution < 1.29 is 0 Å². The van der Waals surface area contributed by atoms with Gasteiger partial charge in [-0.3, -0.25) is 0 Å². The van der Waals surface area contributed by atoms with Crippen LogP contribution in [0, 0.1) is 11.3 Å². The molecule has 1 aromatic heterocycles. The zero-order valence-electron chi connectivity index (χ0n) is 15.7. The molecule has 0 amide bonds. The predicted octanol–water partition coefficient (Wildman–Crippen LogP) is 7.10. The van der Waals surface area contributed by atoms with Crippen molar-refractivity contribution in [3.05, 3.63) is 113 Å². The van der Waals surface area contributed by atoms with Crippen LogP contribution in [0.1, 0.15) is 10.6 Å². The minimum atomic E-state index is 0.564. The second-order valence-corrected chi connectivity index (χ2v) is 7.30. The fourth-order valence-corrected chi connectivity index (χ4v) is 3.77. The van der Waals surface area contributed by atoms with Gasteiger partial charge in [0.15, 0.2) is 0 Å². The average Bonchev–Trinajstić information content (AvgIpc) is 3.28. The first-order valence-electron chi connectivity index (χ1n) is 9.29. The maximum Gasteiger partial charge on any atom is 0.134 e. The minimum absolute atomic E-state index is 0.564. The van der Waals surface area contributed by atoms with Gasteiger partial charge in [-0.2, -0.15) is 5.26 Å². The Labute approximate surface area is 174 Å². The lowest BCUT2D eigenvalue weighted by atomic mass is 10.0. The van der Waals surface area contributed by atoms with Crippen LogP contribution < -0.4 is 0 Å². The summed E-state index contributed by atoms with van der Waals surface area (Å²) in [4.78, 5) is 4.67. The van der Waals surface area contributed by atoms with E-state index in [4.69, 9.17) is 0 Å². The molecule has 0 aliphatic heterocycles.